The fourth-order valence-electron chi connectivity index (χ4n) is 1.41. The number of amides is 1. The van der Waals surface area contributed by atoms with Crippen LogP contribution in [0.25, 0.3) is 0 Å². The summed E-state index contributed by atoms with van der Waals surface area (Å²) in [6, 6.07) is 6.67. The van der Waals surface area contributed by atoms with Crippen LogP contribution >= 0.6 is 0 Å². The van der Waals surface area contributed by atoms with E-state index < -0.39 is 5.91 Å². The Hall–Kier alpha value is -2.17. The molecule has 5 nitrogen and oxygen atoms in total. The van der Waals surface area contributed by atoms with E-state index in [1.807, 2.05) is 0 Å². The molecule has 5 heteroatoms. The summed E-state index contributed by atoms with van der Waals surface area (Å²) >= 11 is 0. The first-order valence-corrected chi connectivity index (χ1v) is 4.65. The van der Waals surface area contributed by atoms with Crippen molar-refractivity contribution in [2.45, 2.75) is 13.3 Å². The number of Topliss-reactive ketones (excluding diaryl/α,β-unsaturated/α-hetero) is 1. The van der Waals surface area contributed by atoms with Gasteiger partial charge in [-0.3, -0.25) is 9.59 Å². The third-order valence-electron chi connectivity index (χ3n) is 2.05. The SMILES string of the molecule is CC(=O)Cc1ccccc1C(=NO)C(N)=O. The van der Waals surface area contributed by atoms with E-state index >= 15 is 0 Å². The lowest BCUT2D eigenvalue weighted by molar-refractivity contribution is -0.116. The average molecular weight is 220 g/mol. The second kappa shape index (κ2) is 5.06. The van der Waals surface area contributed by atoms with Crippen molar-refractivity contribution in [3.63, 3.8) is 0 Å². The lowest BCUT2D eigenvalue weighted by Crippen LogP contribution is -2.25. The van der Waals surface area contributed by atoms with Crippen LogP contribution in [0.5, 0.6) is 0 Å². The highest BCUT2D eigenvalue weighted by molar-refractivity contribution is 6.45. The predicted octanol–water partition coefficient (Wildman–Crippen LogP) is 0.482. The van der Waals surface area contributed by atoms with Crippen molar-refractivity contribution in [2.75, 3.05) is 0 Å². The van der Waals surface area contributed by atoms with Crippen LogP contribution in [0.4, 0.5) is 0 Å². The summed E-state index contributed by atoms with van der Waals surface area (Å²) in [4.78, 5) is 22.0. The third-order valence-corrected chi connectivity index (χ3v) is 2.05. The summed E-state index contributed by atoms with van der Waals surface area (Å²) in [7, 11) is 0. The van der Waals surface area contributed by atoms with E-state index in [1.165, 1.54) is 6.92 Å². The molecule has 84 valence electrons. The summed E-state index contributed by atoms with van der Waals surface area (Å²) < 4.78 is 0. The summed E-state index contributed by atoms with van der Waals surface area (Å²) in [5.74, 6) is -0.882. The first-order chi connectivity index (χ1) is 7.56. The molecule has 0 spiro atoms. The highest BCUT2D eigenvalue weighted by Gasteiger charge is 2.15. The van der Waals surface area contributed by atoms with E-state index in [9.17, 15) is 9.59 Å². The van der Waals surface area contributed by atoms with Crippen molar-refractivity contribution >= 4 is 17.4 Å². The fourth-order valence-corrected chi connectivity index (χ4v) is 1.41. The van der Waals surface area contributed by atoms with Crippen LogP contribution < -0.4 is 5.73 Å². The van der Waals surface area contributed by atoms with E-state index in [0.29, 0.717) is 11.1 Å². The van der Waals surface area contributed by atoms with Crippen molar-refractivity contribution in [3.05, 3.63) is 35.4 Å². The van der Waals surface area contributed by atoms with Crippen LogP contribution in [0.1, 0.15) is 18.1 Å². The molecule has 0 aliphatic rings. The van der Waals surface area contributed by atoms with Gasteiger partial charge in [0.15, 0.2) is 5.71 Å². The largest absolute Gasteiger partial charge is 0.410 e. The molecular weight excluding hydrogens is 208 g/mol. The van der Waals surface area contributed by atoms with Gasteiger partial charge in [-0.15, -0.1) is 0 Å². The number of carbonyl (C=O) groups excluding carboxylic acids is 2. The number of nitrogens with two attached hydrogens (primary N) is 1. The Balaban J connectivity index is 3.22. The summed E-state index contributed by atoms with van der Waals surface area (Å²) in [5, 5.41) is 11.6. The second-order valence-electron chi connectivity index (χ2n) is 3.35. The molecular formula is C11H12N2O3. The van der Waals surface area contributed by atoms with Gasteiger partial charge in [0.05, 0.1) is 0 Å². The number of primary amides is 1. The number of oxime groups is 1. The van der Waals surface area contributed by atoms with E-state index in [4.69, 9.17) is 10.9 Å². The van der Waals surface area contributed by atoms with Gasteiger partial charge in [0, 0.05) is 12.0 Å². The molecule has 0 atom stereocenters. The summed E-state index contributed by atoms with van der Waals surface area (Å²) in [5.41, 5.74) is 5.82. The molecule has 3 N–H and O–H groups in total. The molecule has 0 bridgehead atoms. The summed E-state index contributed by atoms with van der Waals surface area (Å²) in [6.07, 6.45) is 0.169. The zero-order chi connectivity index (χ0) is 12.1. The number of carbonyl (C=O) groups is 2. The molecule has 0 radical (unpaired) electrons. The number of hydrogen-bond donors (Lipinski definition) is 2. The minimum Gasteiger partial charge on any atom is -0.410 e. The van der Waals surface area contributed by atoms with Gasteiger partial charge in [0.1, 0.15) is 5.78 Å². The molecule has 0 saturated heterocycles. The van der Waals surface area contributed by atoms with Gasteiger partial charge < -0.3 is 10.9 Å². The topological polar surface area (TPSA) is 92.8 Å². The van der Waals surface area contributed by atoms with Crippen molar-refractivity contribution in [1.82, 2.24) is 0 Å². The maximum Gasteiger partial charge on any atom is 0.271 e. The maximum atomic E-state index is 11.0. The van der Waals surface area contributed by atoms with Crippen LogP contribution in [-0.2, 0) is 16.0 Å². The van der Waals surface area contributed by atoms with Crippen LogP contribution in [0.15, 0.2) is 29.4 Å². The van der Waals surface area contributed by atoms with Crippen LogP contribution in [0.2, 0.25) is 0 Å². The Kier molecular flexibility index (Phi) is 3.77. The molecule has 0 saturated carbocycles. The summed E-state index contributed by atoms with van der Waals surface area (Å²) in [6.45, 7) is 1.44. The average Bonchev–Trinajstić information content (AvgIpc) is 2.20. The van der Waals surface area contributed by atoms with Gasteiger partial charge >= 0.3 is 0 Å². The lowest BCUT2D eigenvalue weighted by Gasteiger charge is -2.06. The van der Waals surface area contributed by atoms with Gasteiger partial charge in [-0.2, -0.15) is 0 Å². The van der Waals surface area contributed by atoms with Crippen molar-refractivity contribution < 1.29 is 14.8 Å². The zero-order valence-corrected chi connectivity index (χ0v) is 8.80. The molecule has 0 aliphatic heterocycles. The van der Waals surface area contributed by atoms with Gasteiger partial charge in [-0.1, -0.05) is 29.4 Å². The van der Waals surface area contributed by atoms with Crippen molar-refractivity contribution in [2.24, 2.45) is 10.9 Å². The van der Waals surface area contributed by atoms with Gasteiger partial charge in [-0.05, 0) is 12.5 Å². The molecule has 1 amide bonds. The first-order valence-electron chi connectivity index (χ1n) is 4.65. The molecule has 0 aliphatic carbocycles. The first kappa shape index (κ1) is 11.9. The second-order valence-corrected chi connectivity index (χ2v) is 3.35. The number of benzene rings is 1. The Bertz CT molecular complexity index is 452. The number of rotatable bonds is 4. The Morgan fingerprint density at radius 3 is 2.50 bits per heavy atom. The maximum absolute atomic E-state index is 11.0. The molecule has 1 aromatic carbocycles. The van der Waals surface area contributed by atoms with Crippen LogP contribution in [0, 0.1) is 0 Å². The van der Waals surface area contributed by atoms with Gasteiger partial charge in [0.2, 0.25) is 0 Å². The van der Waals surface area contributed by atoms with E-state index in [1.54, 1.807) is 24.3 Å². The van der Waals surface area contributed by atoms with Crippen molar-refractivity contribution in [1.29, 1.82) is 0 Å². The Morgan fingerprint density at radius 1 is 1.38 bits per heavy atom. The zero-order valence-electron chi connectivity index (χ0n) is 8.80. The minimum absolute atomic E-state index is 0.0470. The van der Waals surface area contributed by atoms with E-state index in [2.05, 4.69) is 5.16 Å². The van der Waals surface area contributed by atoms with Gasteiger partial charge in [-0.25, -0.2) is 0 Å². The predicted molar refractivity (Wildman–Crippen MR) is 58.3 cm³/mol. The number of nitrogens with zero attached hydrogens (tertiary/aromatic N) is 1. The van der Waals surface area contributed by atoms with E-state index in [-0.39, 0.29) is 17.9 Å². The number of ketones is 1. The molecule has 0 aromatic heterocycles. The fraction of sp³-hybridized carbons (Fsp3) is 0.182. The molecule has 1 aromatic rings. The highest BCUT2D eigenvalue weighted by atomic mass is 16.4. The monoisotopic (exact) mass is 220 g/mol. The Morgan fingerprint density at radius 2 is 2.00 bits per heavy atom. The quantitative estimate of drug-likeness (QED) is 0.439. The normalized spacial score (nSPS) is 11.2. The minimum atomic E-state index is -0.835. The molecule has 0 heterocycles. The smallest absolute Gasteiger partial charge is 0.271 e. The number of hydrogen-bond acceptors (Lipinski definition) is 4. The standard InChI is InChI=1S/C11H12N2O3/c1-7(14)6-8-4-2-3-5-9(8)10(13-16)11(12)15/h2-5,16H,6H2,1H3,(H2,12,15). The van der Waals surface area contributed by atoms with Crippen molar-refractivity contribution in [3.8, 4) is 0 Å². The highest BCUT2D eigenvalue weighted by Crippen LogP contribution is 2.11. The molecule has 16 heavy (non-hydrogen) atoms. The molecule has 0 fully saturated rings. The van der Waals surface area contributed by atoms with Crippen LogP contribution in [-0.4, -0.2) is 22.6 Å². The van der Waals surface area contributed by atoms with E-state index in [0.717, 1.165) is 0 Å². The Labute approximate surface area is 92.6 Å². The van der Waals surface area contributed by atoms with Crippen LogP contribution in [0.3, 0.4) is 0 Å². The third kappa shape index (κ3) is 2.66. The molecule has 0 unspecified atom stereocenters. The molecule has 1 rings (SSSR count). The lowest BCUT2D eigenvalue weighted by atomic mass is 9.99. The van der Waals surface area contributed by atoms with Gasteiger partial charge in [0.25, 0.3) is 5.91 Å².